The van der Waals surface area contributed by atoms with Crippen LogP contribution in [-0.2, 0) is 0 Å². The lowest BCUT2D eigenvalue weighted by molar-refractivity contribution is 0.0858. The molecule has 80 valence electrons. The lowest BCUT2D eigenvalue weighted by Crippen LogP contribution is -2.30. The fourth-order valence-electron chi connectivity index (χ4n) is 1.14. The molecule has 0 aliphatic rings. The molecule has 0 amide bonds. The van der Waals surface area contributed by atoms with E-state index in [1.807, 2.05) is 18.2 Å². The monoisotopic (exact) mass is 218 g/mol. The Kier molecular flexibility index (Phi) is 3.74. The van der Waals surface area contributed by atoms with Crippen molar-refractivity contribution in [2.45, 2.75) is 19.1 Å². The molecule has 0 aliphatic heterocycles. The summed E-state index contributed by atoms with van der Waals surface area (Å²) < 4.78 is 21.8. The summed E-state index contributed by atoms with van der Waals surface area (Å²) in [6.07, 6.45) is -0.799. The van der Waals surface area contributed by atoms with Gasteiger partial charge in [-0.2, -0.15) is 0 Å². The Balaban J connectivity index is 0.00000256. The van der Waals surface area contributed by atoms with Crippen molar-refractivity contribution >= 4 is 12.4 Å². The van der Waals surface area contributed by atoms with Crippen LogP contribution < -0.4 is 0 Å². The molecule has 1 aromatic rings. The average Bonchev–Trinajstić information content (AvgIpc) is 2.26. The van der Waals surface area contributed by atoms with Crippen LogP contribution in [0.5, 0.6) is 0 Å². The maximum atomic E-state index is 10.0. The van der Waals surface area contributed by atoms with Gasteiger partial charge in [0.05, 0.1) is 6.10 Å². The van der Waals surface area contributed by atoms with E-state index < -0.39 is 19.1 Å². The van der Waals surface area contributed by atoms with Gasteiger partial charge in [-0.3, -0.25) is 0 Å². The van der Waals surface area contributed by atoms with Gasteiger partial charge in [-0.15, -0.1) is 12.4 Å². The predicted octanol–water partition coefficient (Wildman–Crippen LogP) is 2.09. The van der Waals surface area contributed by atoms with E-state index in [1.165, 1.54) is 11.9 Å². The number of hydrogen-bond donors (Lipinski definition) is 1. The van der Waals surface area contributed by atoms with Crippen LogP contribution in [0.1, 0.15) is 22.7 Å². The molecular weight excluding hydrogens is 198 g/mol. The van der Waals surface area contributed by atoms with E-state index in [0.717, 1.165) is 5.56 Å². The second-order valence-electron chi connectivity index (χ2n) is 3.21. The van der Waals surface area contributed by atoms with Crippen molar-refractivity contribution in [3.8, 4) is 0 Å². The smallest absolute Gasteiger partial charge is 0.0942 e. The van der Waals surface area contributed by atoms with Crippen LogP contribution in [0.15, 0.2) is 30.3 Å². The number of nitrogens with zero attached hydrogens (tertiary/aromatic N) is 1. The van der Waals surface area contributed by atoms with Gasteiger partial charge in [0.25, 0.3) is 0 Å². The Labute approximate surface area is 96.2 Å². The number of benzene rings is 1. The highest BCUT2D eigenvalue weighted by Gasteiger charge is 2.17. The molecule has 1 N–H and O–H groups in total. The van der Waals surface area contributed by atoms with Crippen molar-refractivity contribution < 1.29 is 9.22 Å². The van der Waals surface area contributed by atoms with Crippen molar-refractivity contribution in [1.29, 1.82) is 0 Å². The minimum atomic E-state index is -2.19. The summed E-state index contributed by atoms with van der Waals surface area (Å²) in [6.45, 7) is -0.487. The van der Waals surface area contributed by atoms with E-state index in [-0.39, 0.29) is 12.4 Å². The Morgan fingerprint density at radius 1 is 1.36 bits per heavy atom. The SMILES string of the molecule is Cl.[2H]C([2H])([2H])N(C)[C@H](C)[C@@H](O)c1ccccc1. The fraction of sp³-hybridized carbons (Fsp3) is 0.455. The molecule has 0 aromatic heterocycles. The zero-order valence-electron chi connectivity index (χ0n) is 11.3. The van der Waals surface area contributed by atoms with Crippen molar-refractivity contribution in [1.82, 2.24) is 4.90 Å². The third kappa shape index (κ3) is 3.29. The van der Waals surface area contributed by atoms with E-state index in [4.69, 9.17) is 4.11 Å². The third-order valence-corrected chi connectivity index (χ3v) is 2.21. The normalized spacial score (nSPS) is 18.7. The Morgan fingerprint density at radius 3 is 2.43 bits per heavy atom. The highest BCUT2D eigenvalue weighted by atomic mass is 35.5. The highest BCUT2D eigenvalue weighted by molar-refractivity contribution is 5.85. The van der Waals surface area contributed by atoms with Gasteiger partial charge in [0.15, 0.2) is 0 Å². The van der Waals surface area contributed by atoms with Gasteiger partial charge in [-0.25, -0.2) is 0 Å². The van der Waals surface area contributed by atoms with E-state index in [1.54, 1.807) is 19.1 Å². The summed E-state index contributed by atoms with van der Waals surface area (Å²) in [7, 11) is 1.49. The number of rotatable bonds is 3. The number of hydrogen-bond acceptors (Lipinski definition) is 2. The Morgan fingerprint density at radius 2 is 1.93 bits per heavy atom. The molecule has 0 bridgehead atoms. The third-order valence-electron chi connectivity index (χ3n) is 2.21. The largest absolute Gasteiger partial charge is 0.387 e. The molecule has 0 saturated carbocycles. The van der Waals surface area contributed by atoms with Gasteiger partial charge < -0.3 is 10.0 Å². The maximum Gasteiger partial charge on any atom is 0.0942 e. The van der Waals surface area contributed by atoms with E-state index in [2.05, 4.69) is 0 Å². The summed E-state index contributed by atoms with van der Waals surface area (Å²) in [6, 6.07) is 8.61. The highest BCUT2D eigenvalue weighted by Crippen LogP contribution is 2.18. The number of likely N-dealkylation sites (N-methyl/N-ethyl adjacent to an activating group) is 1. The van der Waals surface area contributed by atoms with Crippen LogP contribution in [0, 0.1) is 0 Å². The van der Waals surface area contributed by atoms with E-state index in [9.17, 15) is 5.11 Å². The van der Waals surface area contributed by atoms with Crippen LogP contribution in [0.4, 0.5) is 0 Å². The van der Waals surface area contributed by atoms with Crippen molar-refractivity contribution in [2.24, 2.45) is 0 Å². The van der Waals surface area contributed by atoms with Gasteiger partial charge >= 0.3 is 0 Å². The summed E-state index contributed by atoms with van der Waals surface area (Å²) >= 11 is 0. The topological polar surface area (TPSA) is 23.5 Å². The van der Waals surface area contributed by atoms with Crippen LogP contribution in [-0.4, -0.2) is 30.1 Å². The van der Waals surface area contributed by atoms with E-state index in [0.29, 0.717) is 0 Å². The molecule has 2 atom stereocenters. The van der Waals surface area contributed by atoms with Crippen LogP contribution in [0.2, 0.25) is 0 Å². The van der Waals surface area contributed by atoms with Crippen molar-refractivity contribution in [2.75, 3.05) is 14.0 Å². The van der Waals surface area contributed by atoms with E-state index >= 15 is 0 Å². The second kappa shape index (κ2) is 6.02. The molecule has 0 heterocycles. The molecule has 0 unspecified atom stereocenters. The lowest BCUT2D eigenvalue weighted by atomic mass is 10.0. The molecular formula is C11H18ClNO. The maximum absolute atomic E-state index is 10.0. The quantitative estimate of drug-likeness (QED) is 0.840. The minimum Gasteiger partial charge on any atom is -0.387 e. The molecule has 1 rings (SSSR count). The molecule has 0 spiro atoms. The Hall–Kier alpha value is -0.570. The van der Waals surface area contributed by atoms with Crippen LogP contribution in [0.25, 0.3) is 0 Å². The summed E-state index contributed by atoms with van der Waals surface area (Å²) in [5, 5.41) is 10.0. The van der Waals surface area contributed by atoms with Gasteiger partial charge in [0, 0.05) is 10.2 Å². The van der Waals surface area contributed by atoms with Crippen molar-refractivity contribution in [3.05, 3.63) is 35.9 Å². The first-order valence-corrected chi connectivity index (χ1v) is 4.30. The predicted molar refractivity (Wildman–Crippen MR) is 61.8 cm³/mol. The molecule has 3 heteroatoms. The summed E-state index contributed by atoms with van der Waals surface area (Å²) in [4.78, 5) is 1.20. The van der Waals surface area contributed by atoms with Crippen LogP contribution in [0.3, 0.4) is 0 Å². The molecule has 2 nitrogen and oxygen atoms in total. The fourth-order valence-corrected chi connectivity index (χ4v) is 1.14. The van der Waals surface area contributed by atoms with Gasteiger partial charge in [-0.05, 0) is 26.5 Å². The standard InChI is InChI=1S/C11H17NO.ClH/c1-9(12(2)3)11(13)10-7-5-4-6-8-10;/h4-9,11,13H,1-3H3;1H/t9-,11-;/m1./s1/i2D3;. The molecule has 0 fully saturated rings. The lowest BCUT2D eigenvalue weighted by Gasteiger charge is -2.25. The average molecular weight is 219 g/mol. The number of aliphatic hydroxyl groups excluding tert-OH is 1. The van der Waals surface area contributed by atoms with Crippen molar-refractivity contribution in [3.63, 3.8) is 0 Å². The minimum absolute atomic E-state index is 0. The zero-order valence-corrected chi connectivity index (χ0v) is 9.16. The Bertz CT molecular complexity index is 331. The summed E-state index contributed by atoms with van der Waals surface area (Å²) in [5.74, 6) is 0. The first kappa shape index (κ1) is 8.72. The first-order valence-electron chi connectivity index (χ1n) is 5.80. The number of halogens is 1. The van der Waals surface area contributed by atoms with Gasteiger partial charge in [0.1, 0.15) is 0 Å². The van der Waals surface area contributed by atoms with Gasteiger partial charge in [-0.1, -0.05) is 30.3 Å². The molecule has 14 heavy (non-hydrogen) atoms. The molecule has 1 aromatic carbocycles. The molecule has 0 saturated heterocycles. The summed E-state index contributed by atoms with van der Waals surface area (Å²) in [5.41, 5.74) is 0.728. The first-order chi connectivity index (χ1) is 7.34. The molecule has 0 aliphatic carbocycles. The zero-order chi connectivity index (χ0) is 12.3. The van der Waals surface area contributed by atoms with Gasteiger partial charge in [0.2, 0.25) is 0 Å². The van der Waals surface area contributed by atoms with Crippen LogP contribution >= 0.6 is 12.4 Å². The molecule has 0 radical (unpaired) electrons. The number of aliphatic hydroxyl groups is 1. The second-order valence-corrected chi connectivity index (χ2v) is 3.21.